The van der Waals surface area contributed by atoms with Crippen molar-refractivity contribution in [1.82, 2.24) is 10.6 Å². The van der Waals surface area contributed by atoms with Gasteiger partial charge in [0.25, 0.3) is 0 Å². The van der Waals surface area contributed by atoms with Gasteiger partial charge < -0.3 is 16.4 Å². The summed E-state index contributed by atoms with van der Waals surface area (Å²) in [6, 6.07) is -0.330. The normalized spacial score (nSPS) is 12.6. The van der Waals surface area contributed by atoms with E-state index in [-0.39, 0.29) is 23.8 Å². The zero-order valence-corrected chi connectivity index (χ0v) is 8.96. The quantitative estimate of drug-likeness (QED) is 0.493. The zero-order valence-electron chi connectivity index (χ0n) is 8.96. The number of hydrogen-bond acceptors (Lipinski definition) is 3. The number of carbonyl (C=O) groups is 2. The molecule has 4 N–H and O–H groups in total. The van der Waals surface area contributed by atoms with Crippen molar-refractivity contribution < 1.29 is 9.59 Å². The van der Waals surface area contributed by atoms with Crippen LogP contribution in [0.5, 0.6) is 0 Å². The second-order valence-corrected chi connectivity index (χ2v) is 3.56. The molecule has 82 valence electrons. The Kier molecular flexibility index (Phi) is 5.87. The van der Waals surface area contributed by atoms with Crippen LogP contribution in [0.4, 0.5) is 0 Å². The van der Waals surface area contributed by atoms with Crippen LogP contribution in [0.1, 0.15) is 20.8 Å². The summed E-state index contributed by atoms with van der Waals surface area (Å²) in [4.78, 5) is 21.5. The van der Waals surface area contributed by atoms with Gasteiger partial charge in [-0.1, -0.05) is 13.8 Å². The van der Waals surface area contributed by atoms with Crippen LogP contribution in [0, 0.1) is 5.92 Å². The molecule has 0 aliphatic rings. The van der Waals surface area contributed by atoms with E-state index in [0.717, 1.165) is 0 Å². The monoisotopic (exact) mass is 201 g/mol. The maximum Gasteiger partial charge on any atom is 0.234 e. The van der Waals surface area contributed by atoms with Gasteiger partial charge in [-0.15, -0.1) is 0 Å². The molecule has 5 heteroatoms. The molecule has 0 bridgehead atoms. The van der Waals surface area contributed by atoms with E-state index in [4.69, 9.17) is 5.73 Å². The Labute approximate surface area is 84.4 Å². The van der Waals surface area contributed by atoms with Gasteiger partial charge in [0.05, 0.1) is 6.04 Å². The molecule has 2 amide bonds. The summed E-state index contributed by atoms with van der Waals surface area (Å²) in [6.07, 6.45) is 0. The van der Waals surface area contributed by atoms with Crippen LogP contribution >= 0.6 is 0 Å². The Morgan fingerprint density at radius 3 is 2.21 bits per heavy atom. The molecule has 0 aliphatic carbocycles. The van der Waals surface area contributed by atoms with E-state index in [1.165, 1.54) is 6.92 Å². The minimum absolute atomic E-state index is 0.0769. The summed E-state index contributed by atoms with van der Waals surface area (Å²) in [5.41, 5.74) is 5.19. The van der Waals surface area contributed by atoms with Crippen LogP contribution in [-0.4, -0.2) is 30.9 Å². The molecule has 0 aromatic carbocycles. The highest BCUT2D eigenvalue weighted by Crippen LogP contribution is 1.99. The first-order valence-electron chi connectivity index (χ1n) is 4.72. The first-order chi connectivity index (χ1) is 6.45. The number of hydrogen-bond donors (Lipinski definition) is 3. The summed E-state index contributed by atoms with van der Waals surface area (Å²) in [7, 11) is 0. The van der Waals surface area contributed by atoms with Gasteiger partial charge in [0.15, 0.2) is 0 Å². The standard InChI is InChI=1S/C9H19N3O2/c1-6(2)8(9(10)14)12-5-4-11-7(3)13/h6,8,12H,4-5H2,1-3H3,(H2,10,14)(H,11,13). The van der Waals surface area contributed by atoms with Crippen molar-refractivity contribution in [2.75, 3.05) is 13.1 Å². The lowest BCUT2D eigenvalue weighted by molar-refractivity contribution is -0.121. The fraction of sp³-hybridized carbons (Fsp3) is 0.778. The van der Waals surface area contributed by atoms with E-state index in [9.17, 15) is 9.59 Å². The van der Waals surface area contributed by atoms with Crippen molar-refractivity contribution in [2.24, 2.45) is 11.7 Å². The number of amides is 2. The van der Waals surface area contributed by atoms with Crippen LogP contribution < -0.4 is 16.4 Å². The molecular formula is C9H19N3O2. The van der Waals surface area contributed by atoms with Crippen molar-refractivity contribution in [3.63, 3.8) is 0 Å². The van der Waals surface area contributed by atoms with E-state index >= 15 is 0 Å². The van der Waals surface area contributed by atoms with Crippen molar-refractivity contribution >= 4 is 11.8 Å². The molecule has 0 aromatic heterocycles. The number of nitrogens with two attached hydrogens (primary N) is 1. The van der Waals surface area contributed by atoms with Gasteiger partial charge in [0.1, 0.15) is 0 Å². The maximum atomic E-state index is 10.9. The predicted octanol–water partition coefficient (Wildman–Crippen LogP) is -0.778. The molecule has 5 nitrogen and oxygen atoms in total. The summed E-state index contributed by atoms with van der Waals surface area (Å²) >= 11 is 0. The number of carbonyl (C=O) groups excluding carboxylic acids is 2. The molecule has 1 atom stereocenters. The highest BCUT2D eigenvalue weighted by atomic mass is 16.2. The Balaban J connectivity index is 3.73. The van der Waals surface area contributed by atoms with E-state index in [0.29, 0.717) is 13.1 Å². The molecule has 0 saturated carbocycles. The summed E-state index contributed by atoms with van der Waals surface area (Å²) in [5, 5.41) is 5.61. The summed E-state index contributed by atoms with van der Waals surface area (Å²) in [6.45, 7) is 6.34. The molecular weight excluding hydrogens is 182 g/mol. The SMILES string of the molecule is CC(=O)NCCNC(C(N)=O)C(C)C. The molecule has 0 fully saturated rings. The largest absolute Gasteiger partial charge is 0.368 e. The average molecular weight is 201 g/mol. The lowest BCUT2D eigenvalue weighted by Crippen LogP contribution is -2.47. The van der Waals surface area contributed by atoms with Gasteiger partial charge in [-0.05, 0) is 5.92 Å². The lowest BCUT2D eigenvalue weighted by Gasteiger charge is -2.18. The molecule has 0 saturated heterocycles. The minimum Gasteiger partial charge on any atom is -0.368 e. The van der Waals surface area contributed by atoms with E-state index in [1.54, 1.807) is 0 Å². The fourth-order valence-corrected chi connectivity index (χ4v) is 1.13. The smallest absolute Gasteiger partial charge is 0.234 e. The third-order valence-electron chi connectivity index (χ3n) is 1.84. The van der Waals surface area contributed by atoms with Crippen LogP contribution in [0.2, 0.25) is 0 Å². The molecule has 14 heavy (non-hydrogen) atoms. The first kappa shape index (κ1) is 12.9. The van der Waals surface area contributed by atoms with E-state index in [1.807, 2.05) is 13.8 Å². The molecule has 0 rings (SSSR count). The summed E-state index contributed by atoms with van der Waals surface area (Å²) in [5.74, 6) is -0.278. The Bertz CT molecular complexity index is 204. The van der Waals surface area contributed by atoms with Crippen molar-refractivity contribution in [3.05, 3.63) is 0 Å². The molecule has 0 radical (unpaired) electrons. The maximum absolute atomic E-state index is 10.9. The Hall–Kier alpha value is -1.10. The highest BCUT2D eigenvalue weighted by Gasteiger charge is 2.17. The van der Waals surface area contributed by atoms with Crippen LogP contribution in [0.15, 0.2) is 0 Å². The molecule has 0 spiro atoms. The van der Waals surface area contributed by atoms with Gasteiger partial charge in [0, 0.05) is 20.0 Å². The molecule has 0 aromatic rings. The summed E-state index contributed by atoms with van der Waals surface area (Å²) < 4.78 is 0. The van der Waals surface area contributed by atoms with Crippen molar-refractivity contribution in [1.29, 1.82) is 0 Å². The van der Waals surface area contributed by atoms with Gasteiger partial charge >= 0.3 is 0 Å². The predicted molar refractivity (Wildman–Crippen MR) is 54.5 cm³/mol. The minimum atomic E-state index is -0.358. The second-order valence-electron chi connectivity index (χ2n) is 3.56. The van der Waals surface area contributed by atoms with Gasteiger partial charge in [-0.25, -0.2) is 0 Å². The van der Waals surface area contributed by atoms with Crippen LogP contribution in [-0.2, 0) is 9.59 Å². The number of rotatable bonds is 6. The van der Waals surface area contributed by atoms with Gasteiger partial charge in [0.2, 0.25) is 11.8 Å². The van der Waals surface area contributed by atoms with Gasteiger partial charge in [-0.2, -0.15) is 0 Å². The number of nitrogens with one attached hydrogen (secondary N) is 2. The lowest BCUT2D eigenvalue weighted by atomic mass is 10.0. The van der Waals surface area contributed by atoms with Crippen LogP contribution in [0.3, 0.4) is 0 Å². The Morgan fingerprint density at radius 1 is 1.29 bits per heavy atom. The molecule has 0 heterocycles. The average Bonchev–Trinajstić information content (AvgIpc) is 2.01. The van der Waals surface area contributed by atoms with Gasteiger partial charge in [-0.3, -0.25) is 9.59 Å². The molecule has 1 unspecified atom stereocenters. The topological polar surface area (TPSA) is 84.2 Å². The van der Waals surface area contributed by atoms with Crippen molar-refractivity contribution in [3.8, 4) is 0 Å². The van der Waals surface area contributed by atoms with Crippen molar-refractivity contribution in [2.45, 2.75) is 26.8 Å². The third-order valence-corrected chi connectivity index (χ3v) is 1.84. The van der Waals surface area contributed by atoms with Crippen LogP contribution in [0.25, 0.3) is 0 Å². The van der Waals surface area contributed by atoms with E-state index in [2.05, 4.69) is 10.6 Å². The molecule has 0 aliphatic heterocycles. The Morgan fingerprint density at radius 2 is 1.86 bits per heavy atom. The van der Waals surface area contributed by atoms with E-state index < -0.39 is 0 Å². The third kappa shape index (κ3) is 5.53. The second kappa shape index (κ2) is 6.37. The first-order valence-corrected chi connectivity index (χ1v) is 4.72. The highest BCUT2D eigenvalue weighted by molar-refractivity contribution is 5.80. The zero-order chi connectivity index (χ0) is 11.1. The number of primary amides is 1. The fourth-order valence-electron chi connectivity index (χ4n) is 1.13.